The molecular formula is C34H40N4O6S2. The van der Waals surface area contributed by atoms with Crippen LogP contribution < -0.4 is 11.5 Å². The number of hydrogen-bond donors (Lipinski definition) is 3. The number of nitrogen functional groups attached to an aromatic ring is 1. The van der Waals surface area contributed by atoms with Crippen LogP contribution in [0.5, 0.6) is 0 Å². The van der Waals surface area contributed by atoms with Gasteiger partial charge in [0.15, 0.2) is 0 Å². The van der Waals surface area contributed by atoms with Crippen molar-refractivity contribution in [2.75, 3.05) is 19.5 Å². The van der Waals surface area contributed by atoms with Crippen molar-refractivity contribution in [1.82, 2.24) is 9.21 Å². The molecule has 4 aromatic rings. The average Bonchev–Trinajstić information content (AvgIpc) is 3.54. The lowest BCUT2D eigenvalue weighted by Crippen LogP contribution is -2.50. The van der Waals surface area contributed by atoms with Gasteiger partial charge in [-0.2, -0.15) is 4.31 Å². The summed E-state index contributed by atoms with van der Waals surface area (Å²) >= 11 is 1.19. The Bertz CT molecular complexity index is 1670. The lowest BCUT2D eigenvalue weighted by atomic mass is 9.84. The van der Waals surface area contributed by atoms with Crippen molar-refractivity contribution >= 4 is 39.0 Å². The molecule has 244 valence electrons. The summed E-state index contributed by atoms with van der Waals surface area (Å²) in [5, 5.41) is 10.5. The van der Waals surface area contributed by atoms with E-state index in [-0.39, 0.29) is 4.90 Å². The quantitative estimate of drug-likeness (QED) is 0.173. The lowest BCUT2D eigenvalue weighted by molar-refractivity contribution is -0.132. The lowest BCUT2D eigenvalue weighted by Gasteiger charge is -2.33. The molecule has 0 aliphatic carbocycles. The Hall–Kier alpha value is -4.07. The molecule has 5 N–H and O–H groups in total. The topological polar surface area (TPSA) is 156 Å². The van der Waals surface area contributed by atoms with E-state index in [1.165, 1.54) is 47.0 Å². The number of hydrogen-bond acceptors (Lipinski definition) is 9. The van der Waals surface area contributed by atoms with Gasteiger partial charge in [0.25, 0.3) is 0 Å². The first-order valence-electron chi connectivity index (χ1n) is 14.8. The normalized spacial score (nSPS) is 13.8. The van der Waals surface area contributed by atoms with Crippen LogP contribution >= 0.6 is 11.3 Å². The summed E-state index contributed by atoms with van der Waals surface area (Å²) < 4.78 is 33.8. The smallest absolute Gasteiger partial charge is 0.416 e. The van der Waals surface area contributed by atoms with E-state index in [0.29, 0.717) is 15.4 Å². The zero-order valence-corrected chi connectivity index (χ0v) is 27.8. The maximum absolute atomic E-state index is 14.1. The van der Waals surface area contributed by atoms with Crippen molar-refractivity contribution in [3.8, 4) is 0 Å². The number of nitrogens with zero attached hydrogens (tertiary/aromatic N) is 2. The van der Waals surface area contributed by atoms with E-state index in [4.69, 9.17) is 16.2 Å². The number of nitrogens with two attached hydrogens (primary N) is 2. The predicted molar refractivity (Wildman–Crippen MR) is 180 cm³/mol. The largest absolute Gasteiger partial charge is 0.452 e. The van der Waals surface area contributed by atoms with Crippen LogP contribution in [0, 0.1) is 0 Å². The van der Waals surface area contributed by atoms with Crippen LogP contribution in [0.4, 0.5) is 10.5 Å². The number of imide groups is 1. The Morgan fingerprint density at radius 1 is 0.848 bits per heavy atom. The minimum atomic E-state index is -4.04. The molecular weight excluding hydrogens is 625 g/mol. The fourth-order valence-corrected chi connectivity index (χ4v) is 8.53. The summed E-state index contributed by atoms with van der Waals surface area (Å²) in [5.74, 6) is -1.19. The number of thiophene rings is 1. The monoisotopic (exact) mass is 664 g/mol. The van der Waals surface area contributed by atoms with E-state index in [2.05, 4.69) is 0 Å². The Kier molecular flexibility index (Phi) is 11.4. The molecule has 3 aromatic carbocycles. The van der Waals surface area contributed by atoms with Crippen LogP contribution in [0.15, 0.2) is 102 Å². The third kappa shape index (κ3) is 7.32. The number of aliphatic hydroxyl groups is 1. The van der Waals surface area contributed by atoms with E-state index >= 15 is 0 Å². The Labute approximate surface area is 274 Å². The second-order valence-corrected chi connectivity index (χ2v) is 14.1. The van der Waals surface area contributed by atoms with Gasteiger partial charge in [0.1, 0.15) is 0 Å². The van der Waals surface area contributed by atoms with Gasteiger partial charge >= 0.3 is 6.09 Å². The Morgan fingerprint density at radius 2 is 1.37 bits per heavy atom. The van der Waals surface area contributed by atoms with E-state index in [1.54, 1.807) is 32.9 Å². The van der Waals surface area contributed by atoms with Gasteiger partial charge in [-0.25, -0.2) is 18.1 Å². The van der Waals surface area contributed by atoms with Gasteiger partial charge in [0.2, 0.25) is 15.9 Å². The highest BCUT2D eigenvalue weighted by Crippen LogP contribution is 2.38. The zero-order valence-electron chi connectivity index (χ0n) is 26.2. The summed E-state index contributed by atoms with van der Waals surface area (Å²) in [5.41, 5.74) is 14.5. The Balaban J connectivity index is 1.69. The molecule has 0 aliphatic heterocycles. The summed E-state index contributed by atoms with van der Waals surface area (Å²) in [4.78, 5) is 29.4. The van der Waals surface area contributed by atoms with Gasteiger partial charge in [-0.3, -0.25) is 4.79 Å². The SMILES string of the molecule is COC(=O)N(C(=O)[C@@H](N)C(c1ccccc1)c1ccccc1)[C@@H](C)c1ccc([C@@H](CO)N(C(C)C)S(=O)(=O)c2ccc(N)cc2)s1. The maximum Gasteiger partial charge on any atom is 0.416 e. The molecule has 1 heterocycles. The third-order valence-electron chi connectivity index (χ3n) is 7.79. The molecule has 10 nitrogen and oxygen atoms in total. The van der Waals surface area contributed by atoms with Crippen molar-refractivity contribution in [3.05, 3.63) is 118 Å². The van der Waals surface area contributed by atoms with Crippen LogP contribution in [0.1, 0.15) is 59.7 Å². The minimum absolute atomic E-state index is 0.0434. The van der Waals surface area contributed by atoms with E-state index in [9.17, 15) is 23.1 Å². The minimum Gasteiger partial charge on any atom is -0.452 e. The predicted octanol–water partition coefficient (Wildman–Crippen LogP) is 5.28. The Morgan fingerprint density at radius 3 is 1.85 bits per heavy atom. The van der Waals surface area contributed by atoms with Crippen molar-refractivity contribution in [2.45, 2.75) is 55.8 Å². The number of ether oxygens (including phenoxy) is 1. The van der Waals surface area contributed by atoms with Gasteiger partial charge in [-0.15, -0.1) is 11.3 Å². The van der Waals surface area contributed by atoms with Gasteiger partial charge in [0.05, 0.1) is 36.7 Å². The molecule has 0 unspecified atom stereocenters. The number of rotatable bonds is 12. The van der Waals surface area contributed by atoms with E-state index in [1.807, 2.05) is 60.7 Å². The van der Waals surface area contributed by atoms with E-state index < -0.39 is 58.7 Å². The van der Waals surface area contributed by atoms with Crippen LogP contribution in [-0.2, 0) is 19.6 Å². The fraction of sp³-hybridized carbons (Fsp3) is 0.294. The number of amides is 2. The molecule has 12 heteroatoms. The zero-order chi connectivity index (χ0) is 33.6. The highest BCUT2D eigenvalue weighted by molar-refractivity contribution is 7.89. The highest BCUT2D eigenvalue weighted by atomic mass is 32.2. The molecule has 0 radical (unpaired) electrons. The first-order chi connectivity index (χ1) is 21.9. The molecule has 0 fully saturated rings. The number of aliphatic hydroxyl groups excluding tert-OH is 1. The van der Waals surface area contributed by atoms with Crippen LogP contribution in [-0.4, -0.2) is 60.5 Å². The molecule has 4 rings (SSSR count). The molecule has 1 aromatic heterocycles. The van der Waals surface area contributed by atoms with Crippen molar-refractivity contribution in [1.29, 1.82) is 0 Å². The maximum atomic E-state index is 14.1. The fourth-order valence-electron chi connectivity index (χ4n) is 5.53. The highest BCUT2D eigenvalue weighted by Gasteiger charge is 2.39. The standard InChI is InChI=1S/C34H40N4O6S2/c1-22(2)38(46(42,43)27-17-15-26(35)16-18-27)28(21-39)30-20-19-29(45-30)23(3)37(34(41)44-4)33(40)32(36)31(24-11-7-5-8-12-24)25-13-9-6-10-14-25/h5-20,22-23,28,31-32,39H,21,35-36H2,1-4H3/t23-,28+,32-/m0/s1. The molecule has 0 bridgehead atoms. The molecule has 46 heavy (non-hydrogen) atoms. The van der Waals surface area contributed by atoms with Gasteiger partial charge in [-0.1, -0.05) is 60.7 Å². The van der Waals surface area contributed by atoms with Crippen LogP contribution in [0.3, 0.4) is 0 Å². The summed E-state index contributed by atoms with van der Waals surface area (Å²) in [6, 6.07) is 24.6. The number of carbonyl (C=O) groups is 2. The number of sulfonamides is 1. The molecule has 2 amide bonds. The molecule has 3 atom stereocenters. The molecule has 0 saturated heterocycles. The summed E-state index contributed by atoms with van der Waals surface area (Å²) in [7, 11) is -2.85. The molecule has 0 saturated carbocycles. The van der Waals surface area contributed by atoms with Crippen molar-refractivity contribution in [3.63, 3.8) is 0 Å². The number of carbonyl (C=O) groups excluding carboxylic acids is 2. The molecule has 0 spiro atoms. The third-order valence-corrected chi connectivity index (χ3v) is 11.2. The second kappa shape index (κ2) is 15.0. The summed E-state index contributed by atoms with van der Waals surface area (Å²) in [6.45, 7) is 4.63. The van der Waals surface area contributed by atoms with Crippen LogP contribution in [0.25, 0.3) is 0 Å². The van der Waals surface area contributed by atoms with Gasteiger partial charge < -0.3 is 21.3 Å². The van der Waals surface area contributed by atoms with Gasteiger partial charge in [0, 0.05) is 27.4 Å². The van der Waals surface area contributed by atoms with Crippen LogP contribution in [0.2, 0.25) is 0 Å². The van der Waals surface area contributed by atoms with Gasteiger partial charge in [-0.05, 0) is 68.3 Å². The number of benzene rings is 3. The van der Waals surface area contributed by atoms with Crippen molar-refractivity contribution in [2.24, 2.45) is 5.73 Å². The number of anilines is 1. The molecule has 0 aliphatic rings. The summed E-state index contributed by atoms with van der Waals surface area (Å²) in [6.07, 6.45) is -0.879. The second-order valence-electron chi connectivity index (χ2n) is 11.1. The first kappa shape index (κ1) is 34.8. The first-order valence-corrected chi connectivity index (χ1v) is 17.0. The van der Waals surface area contributed by atoms with E-state index in [0.717, 1.165) is 16.0 Å². The average molecular weight is 665 g/mol. The number of methoxy groups -OCH3 is 1. The van der Waals surface area contributed by atoms with Crippen molar-refractivity contribution < 1.29 is 27.9 Å².